The van der Waals surface area contributed by atoms with E-state index in [9.17, 15) is 19.5 Å². The summed E-state index contributed by atoms with van der Waals surface area (Å²) in [6, 6.07) is 0. The van der Waals surface area contributed by atoms with Gasteiger partial charge < -0.3 is 14.6 Å². The summed E-state index contributed by atoms with van der Waals surface area (Å²) in [5.41, 5.74) is -2.69. The van der Waals surface area contributed by atoms with Gasteiger partial charge in [0.1, 0.15) is 6.10 Å². The third-order valence-corrected chi connectivity index (χ3v) is 7.49. The van der Waals surface area contributed by atoms with Crippen LogP contribution in [0.5, 0.6) is 0 Å². The summed E-state index contributed by atoms with van der Waals surface area (Å²) in [6.07, 6.45) is 2.11. The average molecular weight is 372 g/mol. The van der Waals surface area contributed by atoms with E-state index in [1.165, 1.54) is 0 Å². The van der Waals surface area contributed by atoms with Gasteiger partial charge in [0.2, 0.25) is 5.78 Å². The van der Waals surface area contributed by atoms with Crippen LogP contribution in [0, 0.1) is 17.3 Å². The third kappa shape index (κ3) is 1.80. The second-order valence-corrected chi connectivity index (χ2v) is 9.34. The zero-order chi connectivity index (χ0) is 19.5. The normalized spacial score (nSPS) is 52.6. The number of fused-ring (bicyclic) bond motifs is 3. The average Bonchev–Trinajstić information content (AvgIpc) is 3.28. The molecule has 0 aromatic heterocycles. The lowest BCUT2D eigenvalue weighted by Gasteiger charge is -2.51. The molecule has 144 valence electrons. The van der Waals surface area contributed by atoms with Gasteiger partial charge in [-0.05, 0) is 52.5 Å². The Balaban J connectivity index is 1.78. The van der Waals surface area contributed by atoms with Crippen LogP contribution in [0.25, 0.3) is 0 Å². The first-order chi connectivity index (χ1) is 12.6. The number of epoxide rings is 1. The summed E-state index contributed by atoms with van der Waals surface area (Å²) in [6.45, 7) is 7.23. The zero-order valence-electron chi connectivity index (χ0n) is 15.9. The smallest absolute Gasteiger partial charge is 0.202 e. The maximum absolute atomic E-state index is 13.6. The minimum atomic E-state index is -1.60. The Bertz CT molecular complexity index is 862. The van der Waals surface area contributed by atoms with Gasteiger partial charge in [0.05, 0.1) is 11.0 Å². The number of ether oxygens (including phenoxy) is 2. The van der Waals surface area contributed by atoms with Crippen LogP contribution >= 0.6 is 0 Å². The number of Topliss-reactive ketones (excluding diaryl/α,β-unsaturated/α-hetero) is 3. The highest BCUT2D eigenvalue weighted by Gasteiger charge is 2.80. The molecule has 3 aliphatic carbocycles. The Morgan fingerprint density at radius 1 is 1.19 bits per heavy atom. The molecule has 4 fully saturated rings. The van der Waals surface area contributed by atoms with E-state index in [-0.39, 0.29) is 34.8 Å². The summed E-state index contributed by atoms with van der Waals surface area (Å²) in [5.74, 6) is -1.40. The molecule has 2 saturated heterocycles. The monoisotopic (exact) mass is 372 g/mol. The van der Waals surface area contributed by atoms with Crippen LogP contribution in [0.15, 0.2) is 23.3 Å². The summed E-state index contributed by atoms with van der Waals surface area (Å²) in [7, 11) is 0. The quantitative estimate of drug-likeness (QED) is 0.551. The fourth-order valence-corrected chi connectivity index (χ4v) is 6.07. The van der Waals surface area contributed by atoms with E-state index < -0.39 is 34.9 Å². The fraction of sp³-hybridized carbons (Fsp3) is 0.667. The van der Waals surface area contributed by atoms with E-state index in [0.29, 0.717) is 12.8 Å². The van der Waals surface area contributed by atoms with E-state index in [0.717, 1.165) is 5.57 Å². The van der Waals surface area contributed by atoms with Crippen molar-refractivity contribution in [2.75, 3.05) is 0 Å². The molecule has 1 spiro atoms. The minimum absolute atomic E-state index is 0.178. The highest BCUT2D eigenvalue weighted by molar-refractivity contribution is 6.22. The predicted octanol–water partition coefficient (Wildman–Crippen LogP) is 1.30. The Morgan fingerprint density at radius 2 is 1.89 bits per heavy atom. The first-order valence-corrected chi connectivity index (χ1v) is 9.61. The number of carbonyl (C=O) groups excluding carboxylic acids is 3. The van der Waals surface area contributed by atoms with Gasteiger partial charge in [-0.15, -0.1) is 0 Å². The van der Waals surface area contributed by atoms with Gasteiger partial charge in [0.25, 0.3) is 0 Å². The second-order valence-electron chi connectivity index (χ2n) is 9.34. The largest absolute Gasteiger partial charge is 0.390 e. The van der Waals surface area contributed by atoms with Gasteiger partial charge >= 0.3 is 0 Å². The number of allylic oxidation sites excluding steroid dienone is 1. The van der Waals surface area contributed by atoms with E-state index >= 15 is 0 Å². The van der Waals surface area contributed by atoms with Crippen LogP contribution in [-0.2, 0) is 23.9 Å². The van der Waals surface area contributed by atoms with Crippen LogP contribution in [0.1, 0.15) is 40.5 Å². The molecule has 27 heavy (non-hydrogen) atoms. The van der Waals surface area contributed by atoms with Gasteiger partial charge in [-0.25, -0.2) is 0 Å². The molecule has 0 amide bonds. The van der Waals surface area contributed by atoms with Gasteiger partial charge in [0.15, 0.2) is 29.4 Å². The van der Waals surface area contributed by atoms with E-state index in [1.807, 2.05) is 13.8 Å². The van der Waals surface area contributed by atoms with Crippen molar-refractivity contribution in [1.82, 2.24) is 0 Å². The Labute approximate surface area is 157 Å². The van der Waals surface area contributed by atoms with Crippen LogP contribution in [0.4, 0.5) is 0 Å². The van der Waals surface area contributed by atoms with Crippen LogP contribution in [-0.4, -0.2) is 52.0 Å². The first kappa shape index (κ1) is 17.5. The number of rotatable bonds is 1. The molecule has 0 aromatic carbocycles. The molecule has 2 aliphatic heterocycles. The Hall–Kier alpha value is -1.63. The molecular weight excluding hydrogens is 348 g/mol. The molecule has 2 saturated carbocycles. The number of hydrogen-bond donors (Lipinski definition) is 1. The summed E-state index contributed by atoms with van der Waals surface area (Å²) >= 11 is 0. The lowest BCUT2D eigenvalue weighted by Crippen LogP contribution is -2.65. The van der Waals surface area contributed by atoms with Crippen LogP contribution in [0.2, 0.25) is 0 Å². The molecule has 8 atom stereocenters. The topological polar surface area (TPSA) is 93.2 Å². The summed E-state index contributed by atoms with van der Waals surface area (Å²) in [5, 5.41) is 10.9. The maximum Gasteiger partial charge on any atom is 0.202 e. The van der Waals surface area contributed by atoms with Gasteiger partial charge in [-0.3, -0.25) is 14.4 Å². The van der Waals surface area contributed by atoms with Crippen LogP contribution in [0.3, 0.4) is 0 Å². The van der Waals surface area contributed by atoms with Crippen molar-refractivity contribution in [2.45, 2.75) is 70.1 Å². The molecule has 0 radical (unpaired) electrons. The fourth-order valence-electron chi connectivity index (χ4n) is 6.07. The van der Waals surface area contributed by atoms with Crippen molar-refractivity contribution in [3.8, 4) is 0 Å². The summed E-state index contributed by atoms with van der Waals surface area (Å²) in [4.78, 5) is 40.0. The van der Waals surface area contributed by atoms with Crippen molar-refractivity contribution >= 4 is 17.3 Å². The van der Waals surface area contributed by atoms with Gasteiger partial charge in [0, 0.05) is 11.5 Å². The molecular formula is C21H24O6. The van der Waals surface area contributed by atoms with Crippen LogP contribution < -0.4 is 0 Å². The standard InChI is InChI=1S/C21H24O6/c1-9(2)7-13-17(23)20(4)10-5-6-19(3,25)11(10)8-12-14(22)15-16(26-15)18(24)21(12,20)27-13/h7-8,10-11,13,15-16,25H,5-6H2,1-4H3/t10-,11+,13+,15-,16-,19-,20-,21+/m0/s1. The lowest BCUT2D eigenvalue weighted by atomic mass is 9.51. The number of aliphatic hydroxyl groups is 1. The molecule has 5 aliphatic rings. The van der Waals surface area contributed by atoms with Gasteiger partial charge in [-0.2, -0.15) is 0 Å². The highest BCUT2D eigenvalue weighted by atomic mass is 16.6. The minimum Gasteiger partial charge on any atom is -0.390 e. The maximum atomic E-state index is 13.6. The van der Waals surface area contributed by atoms with Crippen molar-refractivity contribution in [3.05, 3.63) is 23.3 Å². The lowest BCUT2D eigenvalue weighted by molar-refractivity contribution is -0.159. The molecule has 0 unspecified atom stereocenters. The van der Waals surface area contributed by atoms with E-state index in [2.05, 4.69) is 0 Å². The summed E-state index contributed by atoms with van der Waals surface area (Å²) < 4.78 is 11.6. The van der Waals surface area contributed by atoms with E-state index in [4.69, 9.17) is 9.47 Å². The van der Waals surface area contributed by atoms with Crippen molar-refractivity contribution < 1.29 is 29.0 Å². The van der Waals surface area contributed by atoms with E-state index in [1.54, 1.807) is 26.0 Å². The van der Waals surface area contributed by atoms with Crippen molar-refractivity contribution in [1.29, 1.82) is 0 Å². The van der Waals surface area contributed by atoms with Crippen molar-refractivity contribution in [2.24, 2.45) is 17.3 Å². The number of hydrogen-bond acceptors (Lipinski definition) is 6. The SMILES string of the molecule is CC(C)=C[C@H]1O[C@@]23C(=O)[C@H]4O[C@H]4C(=O)C2=C[C@@H]2[C@H](CC[C@]2(C)O)[C@@]3(C)C1=O. The molecule has 6 nitrogen and oxygen atoms in total. The number of carbonyl (C=O) groups is 3. The third-order valence-electron chi connectivity index (χ3n) is 7.49. The highest BCUT2D eigenvalue weighted by Crippen LogP contribution is 2.66. The molecule has 0 bridgehead atoms. The Kier molecular flexibility index (Phi) is 3.14. The van der Waals surface area contributed by atoms with Crippen molar-refractivity contribution in [3.63, 3.8) is 0 Å². The second kappa shape index (κ2) is 4.85. The predicted molar refractivity (Wildman–Crippen MR) is 93.7 cm³/mol. The molecule has 1 N–H and O–H groups in total. The molecule has 0 aromatic rings. The number of ketones is 3. The molecule has 5 rings (SSSR count). The zero-order valence-corrected chi connectivity index (χ0v) is 15.9. The molecule has 2 heterocycles. The first-order valence-electron chi connectivity index (χ1n) is 9.61. The Morgan fingerprint density at radius 3 is 2.56 bits per heavy atom. The van der Waals surface area contributed by atoms with Gasteiger partial charge in [-0.1, -0.05) is 11.6 Å². The molecule has 6 heteroatoms.